The molecule has 1 heterocycles. The van der Waals surface area contributed by atoms with Gasteiger partial charge in [0, 0.05) is 12.4 Å². The van der Waals surface area contributed by atoms with Crippen LogP contribution in [0.1, 0.15) is 5.56 Å². The molecule has 2 rings (SSSR count). The molecule has 0 amide bonds. The molecule has 3 nitrogen and oxygen atoms in total. The van der Waals surface area contributed by atoms with Crippen molar-refractivity contribution in [1.29, 1.82) is 0 Å². The van der Waals surface area contributed by atoms with Crippen LogP contribution in [0, 0.1) is 0 Å². The summed E-state index contributed by atoms with van der Waals surface area (Å²) in [6.07, 6.45) is 3.54. The van der Waals surface area contributed by atoms with Crippen LogP contribution in [0.3, 0.4) is 0 Å². The maximum atomic E-state index is 10.5. The van der Waals surface area contributed by atoms with Gasteiger partial charge in [-0.15, -0.1) is 0 Å². The third-order valence-corrected chi connectivity index (χ3v) is 2.32. The van der Waals surface area contributed by atoms with Crippen LogP contribution in [0.25, 0.3) is 11.1 Å². The van der Waals surface area contributed by atoms with Crippen LogP contribution >= 0.6 is 0 Å². The number of hydrogen-bond acceptors (Lipinski definition) is 2. The molecule has 0 unspecified atom stereocenters. The Morgan fingerprint density at radius 1 is 1.00 bits per heavy atom. The molecule has 0 saturated heterocycles. The summed E-state index contributed by atoms with van der Waals surface area (Å²) < 4.78 is 0. The minimum atomic E-state index is -0.809. The average Bonchev–Trinajstić information content (AvgIpc) is 2.30. The van der Waals surface area contributed by atoms with E-state index in [0.717, 1.165) is 16.7 Å². The molecular formula is C13H11NO2. The number of aliphatic carboxylic acids is 1. The molecule has 80 valence electrons. The fourth-order valence-corrected chi connectivity index (χ4v) is 1.53. The van der Waals surface area contributed by atoms with Crippen LogP contribution in [-0.4, -0.2) is 16.1 Å². The molecule has 16 heavy (non-hydrogen) atoms. The van der Waals surface area contributed by atoms with E-state index in [1.54, 1.807) is 12.4 Å². The third kappa shape index (κ3) is 2.45. The van der Waals surface area contributed by atoms with E-state index < -0.39 is 5.97 Å². The molecule has 0 aliphatic rings. The molecule has 0 spiro atoms. The summed E-state index contributed by atoms with van der Waals surface area (Å²) >= 11 is 0. The van der Waals surface area contributed by atoms with Crippen molar-refractivity contribution < 1.29 is 9.90 Å². The number of nitrogens with zero attached hydrogens (tertiary/aromatic N) is 1. The van der Waals surface area contributed by atoms with Gasteiger partial charge in [-0.3, -0.25) is 9.78 Å². The van der Waals surface area contributed by atoms with Crippen molar-refractivity contribution >= 4 is 5.97 Å². The highest BCUT2D eigenvalue weighted by Crippen LogP contribution is 2.18. The van der Waals surface area contributed by atoms with Crippen molar-refractivity contribution in [1.82, 2.24) is 4.98 Å². The number of aromatic nitrogens is 1. The first-order valence-electron chi connectivity index (χ1n) is 4.97. The first kappa shape index (κ1) is 10.4. The number of benzene rings is 1. The van der Waals surface area contributed by atoms with Crippen LogP contribution in [0.4, 0.5) is 0 Å². The Morgan fingerprint density at radius 2 is 1.56 bits per heavy atom. The summed E-state index contributed by atoms with van der Waals surface area (Å²) in [5, 5.41) is 8.64. The number of carbonyl (C=O) groups is 1. The van der Waals surface area contributed by atoms with E-state index in [9.17, 15) is 4.79 Å². The van der Waals surface area contributed by atoms with Gasteiger partial charge in [-0.05, 0) is 28.8 Å². The van der Waals surface area contributed by atoms with E-state index in [2.05, 4.69) is 4.98 Å². The summed E-state index contributed by atoms with van der Waals surface area (Å²) in [6.45, 7) is 0. The Bertz CT molecular complexity index is 477. The van der Waals surface area contributed by atoms with E-state index in [1.165, 1.54) is 0 Å². The van der Waals surface area contributed by atoms with Crippen LogP contribution in [0.5, 0.6) is 0 Å². The van der Waals surface area contributed by atoms with Crippen molar-refractivity contribution in [3.8, 4) is 11.1 Å². The molecule has 0 aliphatic heterocycles. The number of carboxylic acids is 1. The number of carboxylic acid groups (broad SMARTS) is 1. The second-order valence-electron chi connectivity index (χ2n) is 3.50. The number of rotatable bonds is 3. The Hall–Kier alpha value is -2.16. The topological polar surface area (TPSA) is 50.2 Å². The van der Waals surface area contributed by atoms with Crippen molar-refractivity contribution in [2.45, 2.75) is 6.42 Å². The maximum Gasteiger partial charge on any atom is 0.307 e. The molecule has 3 heteroatoms. The zero-order chi connectivity index (χ0) is 11.4. The van der Waals surface area contributed by atoms with Crippen molar-refractivity contribution in [2.75, 3.05) is 0 Å². The maximum absolute atomic E-state index is 10.5. The number of hydrogen-bond donors (Lipinski definition) is 1. The van der Waals surface area contributed by atoms with Gasteiger partial charge in [0.25, 0.3) is 0 Å². The second-order valence-corrected chi connectivity index (χ2v) is 3.50. The van der Waals surface area contributed by atoms with E-state index in [4.69, 9.17) is 5.11 Å². The summed E-state index contributed by atoms with van der Waals surface area (Å²) in [4.78, 5) is 14.5. The van der Waals surface area contributed by atoms with Gasteiger partial charge in [0.2, 0.25) is 0 Å². The molecule has 1 aromatic carbocycles. The van der Waals surface area contributed by atoms with Gasteiger partial charge >= 0.3 is 5.97 Å². The van der Waals surface area contributed by atoms with Gasteiger partial charge < -0.3 is 5.11 Å². The van der Waals surface area contributed by atoms with Gasteiger partial charge in [-0.1, -0.05) is 24.3 Å². The minimum Gasteiger partial charge on any atom is -0.481 e. The lowest BCUT2D eigenvalue weighted by Crippen LogP contribution is -1.99. The van der Waals surface area contributed by atoms with E-state index in [1.807, 2.05) is 36.4 Å². The molecule has 2 aromatic rings. The van der Waals surface area contributed by atoms with Gasteiger partial charge in [0.15, 0.2) is 0 Å². The largest absolute Gasteiger partial charge is 0.481 e. The molecule has 0 saturated carbocycles. The Kier molecular flexibility index (Phi) is 2.96. The SMILES string of the molecule is O=C(O)Cc1ccc(-c2ccncc2)cc1. The predicted molar refractivity (Wildman–Crippen MR) is 61.0 cm³/mol. The average molecular weight is 213 g/mol. The van der Waals surface area contributed by atoms with Gasteiger partial charge in [-0.25, -0.2) is 0 Å². The third-order valence-electron chi connectivity index (χ3n) is 2.32. The monoisotopic (exact) mass is 213 g/mol. The zero-order valence-corrected chi connectivity index (χ0v) is 8.63. The van der Waals surface area contributed by atoms with Gasteiger partial charge in [-0.2, -0.15) is 0 Å². The molecule has 0 aliphatic carbocycles. The summed E-state index contributed by atoms with van der Waals surface area (Å²) in [5.74, 6) is -0.809. The van der Waals surface area contributed by atoms with Crippen LogP contribution in [0.15, 0.2) is 48.8 Å². The second kappa shape index (κ2) is 4.57. The summed E-state index contributed by atoms with van der Waals surface area (Å²) in [6, 6.07) is 11.4. The van der Waals surface area contributed by atoms with E-state index in [-0.39, 0.29) is 6.42 Å². The van der Waals surface area contributed by atoms with Crippen molar-refractivity contribution in [3.63, 3.8) is 0 Å². The Morgan fingerprint density at radius 3 is 2.12 bits per heavy atom. The lowest BCUT2D eigenvalue weighted by Gasteiger charge is -2.02. The fourth-order valence-electron chi connectivity index (χ4n) is 1.53. The summed E-state index contributed by atoms with van der Waals surface area (Å²) in [7, 11) is 0. The highest BCUT2D eigenvalue weighted by atomic mass is 16.4. The normalized spacial score (nSPS) is 10.0. The van der Waals surface area contributed by atoms with Crippen molar-refractivity contribution in [3.05, 3.63) is 54.4 Å². The van der Waals surface area contributed by atoms with E-state index >= 15 is 0 Å². The quantitative estimate of drug-likeness (QED) is 0.851. The minimum absolute atomic E-state index is 0.0661. The standard InChI is InChI=1S/C13H11NO2/c15-13(16)9-10-1-3-11(4-2-10)12-5-7-14-8-6-12/h1-8H,9H2,(H,15,16). The smallest absolute Gasteiger partial charge is 0.307 e. The predicted octanol–water partition coefficient (Wildman–Crippen LogP) is 2.38. The molecule has 1 N–H and O–H groups in total. The Balaban J connectivity index is 2.23. The molecular weight excluding hydrogens is 202 g/mol. The molecule has 0 atom stereocenters. The Labute approximate surface area is 93.4 Å². The van der Waals surface area contributed by atoms with Crippen LogP contribution < -0.4 is 0 Å². The molecule has 0 fully saturated rings. The first-order chi connectivity index (χ1) is 7.75. The molecule has 0 radical (unpaired) electrons. The van der Waals surface area contributed by atoms with E-state index in [0.29, 0.717) is 0 Å². The molecule has 1 aromatic heterocycles. The fraction of sp³-hybridized carbons (Fsp3) is 0.0769. The van der Waals surface area contributed by atoms with Crippen molar-refractivity contribution in [2.24, 2.45) is 0 Å². The lowest BCUT2D eigenvalue weighted by molar-refractivity contribution is -0.136. The first-order valence-corrected chi connectivity index (χ1v) is 4.97. The summed E-state index contributed by atoms with van der Waals surface area (Å²) in [5.41, 5.74) is 2.96. The van der Waals surface area contributed by atoms with Gasteiger partial charge in [0.1, 0.15) is 0 Å². The van der Waals surface area contributed by atoms with Crippen LogP contribution in [-0.2, 0) is 11.2 Å². The molecule has 0 bridgehead atoms. The highest BCUT2D eigenvalue weighted by Gasteiger charge is 2.01. The highest BCUT2D eigenvalue weighted by molar-refractivity contribution is 5.71. The zero-order valence-electron chi connectivity index (χ0n) is 8.63. The van der Waals surface area contributed by atoms with Crippen LogP contribution in [0.2, 0.25) is 0 Å². The lowest BCUT2D eigenvalue weighted by atomic mass is 10.0. The number of pyridine rings is 1. The van der Waals surface area contributed by atoms with Gasteiger partial charge in [0.05, 0.1) is 6.42 Å².